The Bertz CT molecular complexity index is 297. The molecule has 1 aromatic rings. The van der Waals surface area contributed by atoms with Gasteiger partial charge in [-0.2, -0.15) is 0 Å². The highest BCUT2D eigenvalue weighted by Crippen LogP contribution is 2.17. The SMILES string of the molecule is Cc1ncncc1OC1CCNCC1. The largest absolute Gasteiger partial charge is 0.487 e. The van der Waals surface area contributed by atoms with Crippen LogP contribution in [0.3, 0.4) is 0 Å². The summed E-state index contributed by atoms with van der Waals surface area (Å²) in [5, 5.41) is 3.30. The highest BCUT2D eigenvalue weighted by Gasteiger charge is 2.15. The molecule has 4 heteroatoms. The molecule has 1 fully saturated rings. The summed E-state index contributed by atoms with van der Waals surface area (Å²) in [4.78, 5) is 8.05. The minimum absolute atomic E-state index is 0.320. The standard InChI is InChI=1S/C10H15N3O/c1-8-10(6-12-7-13-8)14-9-2-4-11-5-3-9/h6-7,9,11H,2-5H2,1H3. The molecule has 2 rings (SSSR count). The van der Waals surface area contributed by atoms with Gasteiger partial charge in [0.15, 0.2) is 5.75 Å². The molecule has 2 heterocycles. The van der Waals surface area contributed by atoms with Gasteiger partial charge in [0.05, 0.1) is 11.9 Å². The molecule has 0 bridgehead atoms. The molecule has 0 unspecified atom stereocenters. The summed E-state index contributed by atoms with van der Waals surface area (Å²) >= 11 is 0. The first-order valence-electron chi connectivity index (χ1n) is 5.00. The predicted molar refractivity (Wildman–Crippen MR) is 53.3 cm³/mol. The minimum Gasteiger partial charge on any atom is -0.487 e. The minimum atomic E-state index is 0.320. The lowest BCUT2D eigenvalue weighted by molar-refractivity contribution is 0.160. The zero-order valence-electron chi connectivity index (χ0n) is 8.36. The molecule has 0 radical (unpaired) electrons. The second kappa shape index (κ2) is 4.37. The fraction of sp³-hybridized carbons (Fsp3) is 0.600. The van der Waals surface area contributed by atoms with Crippen LogP contribution in [0.4, 0.5) is 0 Å². The third kappa shape index (κ3) is 2.20. The number of rotatable bonds is 2. The monoisotopic (exact) mass is 193 g/mol. The number of ether oxygens (including phenoxy) is 1. The average Bonchev–Trinajstić information content (AvgIpc) is 2.23. The Morgan fingerprint density at radius 2 is 2.21 bits per heavy atom. The lowest BCUT2D eigenvalue weighted by Crippen LogP contribution is -2.34. The predicted octanol–water partition coefficient (Wildman–Crippen LogP) is 0.916. The Hall–Kier alpha value is -1.16. The van der Waals surface area contributed by atoms with E-state index in [1.165, 1.54) is 0 Å². The van der Waals surface area contributed by atoms with Crippen LogP contribution in [0.5, 0.6) is 5.75 Å². The number of nitrogens with zero attached hydrogens (tertiary/aromatic N) is 2. The summed E-state index contributed by atoms with van der Waals surface area (Å²) < 4.78 is 5.82. The first-order valence-corrected chi connectivity index (χ1v) is 5.00. The topological polar surface area (TPSA) is 47.0 Å². The summed E-state index contributed by atoms with van der Waals surface area (Å²) in [6.45, 7) is 4.02. The quantitative estimate of drug-likeness (QED) is 0.758. The third-order valence-corrected chi connectivity index (χ3v) is 2.45. The maximum Gasteiger partial charge on any atom is 0.159 e. The van der Waals surface area contributed by atoms with Crippen molar-refractivity contribution >= 4 is 0 Å². The first-order chi connectivity index (χ1) is 6.86. The van der Waals surface area contributed by atoms with E-state index in [9.17, 15) is 0 Å². The average molecular weight is 193 g/mol. The first kappa shape index (κ1) is 9.40. The molecule has 0 atom stereocenters. The molecule has 1 aromatic heterocycles. The van der Waals surface area contributed by atoms with Crippen LogP contribution in [0.15, 0.2) is 12.5 Å². The van der Waals surface area contributed by atoms with Gasteiger partial charge in [0.1, 0.15) is 12.4 Å². The van der Waals surface area contributed by atoms with Gasteiger partial charge in [0, 0.05) is 0 Å². The van der Waals surface area contributed by atoms with Crippen molar-refractivity contribution in [3.05, 3.63) is 18.2 Å². The molecule has 0 aromatic carbocycles. The highest BCUT2D eigenvalue weighted by molar-refractivity contribution is 5.21. The van der Waals surface area contributed by atoms with Crippen LogP contribution in [-0.2, 0) is 0 Å². The number of piperidine rings is 1. The Morgan fingerprint density at radius 3 is 2.93 bits per heavy atom. The molecule has 1 N–H and O–H groups in total. The summed E-state index contributed by atoms with van der Waals surface area (Å²) in [6.07, 6.45) is 5.73. The Labute approximate surface area is 83.7 Å². The van der Waals surface area contributed by atoms with E-state index < -0.39 is 0 Å². The third-order valence-electron chi connectivity index (χ3n) is 2.45. The fourth-order valence-electron chi connectivity index (χ4n) is 1.59. The molecule has 1 aliphatic heterocycles. The fourth-order valence-corrected chi connectivity index (χ4v) is 1.59. The number of nitrogens with one attached hydrogen (secondary N) is 1. The zero-order chi connectivity index (χ0) is 9.80. The number of aryl methyl sites for hydroxylation is 1. The van der Waals surface area contributed by atoms with E-state index in [1.807, 2.05) is 6.92 Å². The number of hydrogen-bond donors (Lipinski definition) is 1. The van der Waals surface area contributed by atoms with Gasteiger partial charge in [-0.05, 0) is 32.9 Å². The van der Waals surface area contributed by atoms with Crippen molar-refractivity contribution in [3.8, 4) is 5.75 Å². The van der Waals surface area contributed by atoms with Gasteiger partial charge >= 0.3 is 0 Å². The van der Waals surface area contributed by atoms with Crippen LogP contribution in [0.2, 0.25) is 0 Å². The molecule has 0 saturated carbocycles. The van der Waals surface area contributed by atoms with Gasteiger partial charge in [-0.1, -0.05) is 0 Å². The second-order valence-electron chi connectivity index (χ2n) is 3.54. The Morgan fingerprint density at radius 1 is 1.43 bits per heavy atom. The van der Waals surface area contributed by atoms with Crippen molar-refractivity contribution in [2.45, 2.75) is 25.9 Å². The molecule has 0 spiro atoms. The van der Waals surface area contributed by atoms with Gasteiger partial charge in [-0.25, -0.2) is 9.97 Å². The zero-order valence-corrected chi connectivity index (χ0v) is 8.36. The summed E-state index contributed by atoms with van der Waals surface area (Å²) in [7, 11) is 0. The van der Waals surface area contributed by atoms with E-state index in [1.54, 1.807) is 12.5 Å². The van der Waals surface area contributed by atoms with E-state index in [2.05, 4.69) is 15.3 Å². The van der Waals surface area contributed by atoms with Crippen LogP contribution < -0.4 is 10.1 Å². The molecule has 76 valence electrons. The van der Waals surface area contributed by atoms with Gasteiger partial charge in [-0.15, -0.1) is 0 Å². The lowest BCUT2D eigenvalue weighted by atomic mass is 10.1. The molecule has 1 aliphatic rings. The van der Waals surface area contributed by atoms with Crippen LogP contribution >= 0.6 is 0 Å². The summed E-state index contributed by atoms with van der Waals surface area (Å²) in [6, 6.07) is 0. The van der Waals surface area contributed by atoms with Gasteiger partial charge < -0.3 is 10.1 Å². The van der Waals surface area contributed by atoms with E-state index in [-0.39, 0.29) is 0 Å². The Kier molecular flexibility index (Phi) is 2.93. The molecule has 4 nitrogen and oxygen atoms in total. The normalized spacial score (nSPS) is 18.1. The van der Waals surface area contributed by atoms with Crippen LogP contribution in [0.1, 0.15) is 18.5 Å². The van der Waals surface area contributed by atoms with Crippen molar-refractivity contribution in [1.82, 2.24) is 15.3 Å². The van der Waals surface area contributed by atoms with Crippen LogP contribution in [-0.4, -0.2) is 29.2 Å². The van der Waals surface area contributed by atoms with Crippen LogP contribution in [0.25, 0.3) is 0 Å². The maximum absolute atomic E-state index is 5.82. The van der Waals surface area contributed by atoms with E-state index >= 15 is 0 Å². The molecular formula is C10H15N3O. The van der Waals surface area contributed by atoms with Crippen molar-refractivity contribution in [1.29, 1.82) is 0 Å². The van der Waals surface area contributed by atoms with E-state index in [0.29, 0.717) is 6.10 Å². The Balaban J connectivity index is 1.99. The smallest absolute Gasteiger partial charge is 0.159 e. The maximum atomic E-state index is 5.82. The summed E-state index contributed by atoms with van der Waals surface area (Å²) in [5.74, 6) is 0.819. The molecule has 14 heavy (non-hydrogen) atoms. The second-order valence-corrected chi connectivity index (χ2v) is 3.54. The lowest BCUT2D eigenvalue weighted by Gasteiger charge is -2.23. The van der Waals surface area contributed by atoms with Gasteiger partial charge in [0.25, 0.3) is 0 Å². The van der Waals surface area contributed by atoms with Crippen LogP contribution in [0, 0.1) is 6.92 Å². The van der Waals surface area contributed by atoms with Gasteiger partial charge in [-0.3, -0.25) is 0 Å². The highest BCUT2D eigenvalue weighted by atomic mass is 16.5. The van der Waals surface area contributed by atoms with E-state index in [4.69, 9.17) is 4.74 Å². The molecule has 0 amide bonds. The summed E-state index contributed by atoms with van der Waals surface area (Å²) in [5.41, 5.74) is 0.915. The van der Waals surface area contributed by atoms with Gasteiger partial charge in [0.2, 0.25) is 0 Å². The van der Waals surface area contributed by atoms with Crippen molar-refractivity contribution in [3.63, 3.8) is 0 Å². The van der Waals surface area contributed by atoms with Crippen molar-refractivity contribution < 1.29 is 4.74 Å². The van der Waals surface area contributed by atoms with E-state index in [0.717, 1.165) is 37.4 Å². The number of hydrogen-bond acceptors (Lipinski definition) is 4. The number of aromatic nitrogens is 2. The van der Waals surface area contributed by atoms with Crippen molar-refractivity contribution in [2.24, 2.45) is 0 Å². The van der Waals surface area contributed by atoms with Crippen molar-refractivity contribution in [2.75, 3.05) is 13.1 Å². The molecule has 1 saturated heterocycles. The molecule has 0 aliphatic carbocycles. The molecular weight excluding hydrogens is 178 g/mol.